The predicted octanol–water partition coefficient (Wildman–Crippen LogP) is 1.92. The number of aryl methyl sites for hydroxylation is 1. The molecule has 0 aliphatic heterocycles. The first-order valence-electron chi connectivity index (χ1n) is 5.27. The fraction of sp³-hybridized carbons (Fsp3) is 0.545. The van der Waals surface area contributed by atoms with Crippen molar-refractivity contribution in [2.45, 2.75) is 26.8 Å². The van der Waals surface area contributed by atoms with Crippen LogP contribution in [0.15, 0.2) is 18.3 Å². The van der Waals surface area contributed by atoms with Crippen molar-refractivity contribution in [2.24, 2.45) is 0 Å². The predicted molar refractivity (Wildman–Crippen MR) is 60.1 cm³/mol. The molecule has 0 unspecified atom stereocenters. The minimum absolute atomic E-state index is 0.930. The van der Waals surface area contributed by atoms with Crippen molar-refractivity contribution in [1.29, 1.82) is 0 Å². The summed E-state index contributed by atoms with van der Waals surface area (Å²) in [6.07, 6.45) is 7.23. The van der Waals surface area contributed by atoms with Crippen molar-refractivity contribution in [3.63, 3.8) is 0 Å². The number of hydrogen-bond donors (Lipinski definition) is 1. The number of hydrogen-bond acceptors (Lipinski definition) is 2. The Kier molecular flexibility index (Phi) is 5.00. The van der Waals surface area contributed by atoms with Gasteiger partial charge in [0.25, 0.3) is 0 Å². The summed E-state index contributed by atoms with van der Waals surface area (Å²) in [7, 11) is 0. The number of rotatable bonds is 6. The third kappa shape index (κ3) is 3.34. The molecule has 0 aliphatic carbocycles. The van der Waals surface area contributed by atoms with E-state index in [1.165, 1.54) is 5.69 Å². The molecule has 1 aromatic heterocycles. The first kappa shape index (κ1) is 11.0. The molecular weight excluding hydrogens is 174 g/mol. The highest BCUT2D eigenvalue weighted by molar-refractivity contribution is 5.44. The molecule has 3 nitrogen and oxygen atoms in total. The van der Waals surface area contributed by atoms with Gasteiger partial charge in [-0.2, -0.15) is 5.10 Å². The smallest absolute Gasteiger partial charge is 0.0606 e. The maximum atomic E-state index is 4.20. The van der Waals surface area contributed by atoms with Crippen molar-refractivity contribution in [1.82, 2.24) is 15.1 Å². The second-order valence-electron chi connectivity index (χ2n) is 3.12. The summed E-state index contributed by atoms with van der Waals surface area (Å²) in [4.78, 5) is 0. The third-order valence-corrected chi connectivity index (χ3v) is 2.08. The highest BCUT2D eigenvalue weighted by Crippen LogP contribution is 2.01. The van der Waals surface area contributed by atoms with E-state index in [-0.39, 0.29) is 0 Å². The highest BCUT2D eigenvalue weighted by Gasteiger charge is 1.93. The van der Waals surface area contributed by atoms with Crippen LogP contribution in [0.4, 0.5) is 0 Å². The van der Waals surface area contributed by atoms with Gasteiger partial charge in [-0.15, -0.1) is 0 Å². The Morgan fingerprint density at radius 2 is 2.36 bits per heavy atom. The highest BCUT2D eigenvalue weighted by atomic mass is 15.3. The average Bonchev–Trinajstić information content (AvgIpc) is 2.65. The van der Waals surface area contributed by atoms with E-state index >= 15 is 0 Å². The molecule has 0 spiro atoms. The Morgan fingerprint density at radius 1 is 1.50 bits per heavy atom. The summed E-state index contributed by atoms with van der Waals surface area (Å²) in [6, 6.07) is 2.03. The fourth-order valence-corrected chi connectivity index (χ4v) is 1.31. The van der Waals surface area contributed by atoms with Crippen molar-refractivity contribution >= 4 is 6.08 Å². The summed E-state index contributed by atoms with van der Waals surface area (Å²) < 4.78 is 1.99. The largest absolute Gasteiger partial charge is 0.317 e. The number of aromatic nitrogens is 2. The summed E-state index contributed by atoms with van der Waals surface area (Å²) in [5.41, 5.74) is 1.18. The van der Waals surface area contributed by atoms with Crippen LogP contribution in [0, 0.1) is 0 Å². The monoisotopic (exact) mass is 193 g/mol. The van der Waals surface area contributed by atoms with Gasteiger partial charge < -0.3 is 5.32 Å². The van der Waals surface area contributed by atoms with Crippen LogP contribution in [-0.4, -0.2) is 22.9 Å². The quantitative estimate of drug-likeness (QED) is 0.699. The molecule has 0 aliphatic rings. The first-order chi connectivity index (χ1) is 6.88. The summed E-state index contributed by atoms with van der Waals surface area (Å²) in [5, 5.41) is 7.48. The minimum Gasteiger partial charge on any atom is -0.317 e. The van der Waals surface area contributed by atoms with E-state index in [9.17, 15) is 0 Å². The van der Waals surface area contributed by atoms with Gasteiger partial charge in [0.2, 0.25) is 0 Å². The average molecular weight is 193 g/mol. The van der Waals surface area contributed by atoms with E-state index in [0.29, 0.717) is 0 Å². The fourth-order valence-electron chi connectivity index (χ4n) is 1.31. The van der Waals surface area contributed by atoms with Crippen LogP contribution in [0.3, 0.4) is 0 Å². The lowest BCUT2D eigenvalue weighted by Crippen LogP contribution is -2.12. The van der Waals surface area contributed by atoms with Crippen molar-refractivity contribution in [3.8, 4) is 0 Å². The van der Waals surface area contributed by atoms with Crippen molar-refractivity contribution < 1.29 is 0 Å². The molecular formula is C11H19N3. The molecule has 0 fully saturated rings. The van der Waals surface area contributed by atoms with Gasteiger partial charge in [-0.25, -0.2) is 0 Å². The molecule has 0 aromatic carbocycles. The molecule has 1 heterocycles. The second kappa shape index (κ2) is 6.38. The lowest BCUT2D eigenvalue weighted by atomic mass is 10.3. The second-order valence-corrected chi connectivity index (χ2v) is 3.12. The van der Waals surface area contributed by atoms with E-state index in [1.807, 2.05) is 16.9 Å². The molecule has 0 radical (unpaired) electrons. The van der Waals surface area contributed by atoms with Crippen LogP contribution in [0.5, 0.6) is 0 Å². The SMILES string of the molecule is CCNCCC=Cc1ccnn1CC. The van der Waals surface area contributed by atoms with Crippen molar-refractivity contribution in [3.05, 3.63) is 24.0 Å². The molecule has 0 saturated heterocycles. The van der Waals surface area contributed by atoms with E-state index in [4.69, 9.17) is 0 Å². The molecule has 1 N–H and O–H groups in total. The molecule has 1 rings (SSSR count). The van der Waals surface area contributed by atoms with Gasteiger partial charge in [0, 0.05) is 12.7 Å². The van der Waals surface area contributed by atoms with E-state index in [1.54, 1.807) is 0 Å². The molecule has 0 bridgehead atoms. The standard InChI is InChI=1S/C11H19N3/c1-3-12-9-6-5-7-11-8-10-13-14(11)4-2/h5,7-8,10,12H,3-4,6,9H2,1-2H3. The minimum atomic E-state index is 0.930. The Bertz CT molecular complexity index is 276. The van der Waals surface area contributed by atoms with Gasteiger partial charge in [-0.05, 0) is 38.6 Å². The van der Waals surface area contributed by atoms with E-state index < -0.39 is 0 Å². The molecule has 78 valence electrons. The molecule has 0 saturated carbocycles. The van der Waals surface area contributed by atoms with Gasteiger partial charge in [0.05, 0.1) is 5.69 Å². The molecule has 3 heteroatoms. The van der Waals surface area contributed by atoms with Gasteiger partial charge in [-0.1, -0.05) is 13.0 Å². The van der Waals surface area contributed by atoms with E-state index in [0.717, 1.165) is 26.1 Å². The van der Waals surface area contributed by atoms with Crippen LogP contribution < -0.4 is 5.32 Å². The number of nitrogens with zero attached hydrogens (tertiary/aromatic N) is 2. The van der Waals surface area contributed by atoms with Crippen LogP contribution in [0.1, 0.15) is 26.0 Å². The summed E-state index contributed by atoms with van der Waals surface area (Å²) in [6.45, 7) is 7.24. The Labute approximate surface area is 85.8 Å². The Balaban J connectivity index is 2.35. The van der Waals surface area contributed by atoms with Crippen LogP contribution in [0.25, 0.3) is 6.08 Å². The number of nitrogens with one attached hydrogen (secondary N) is 1. The summed E-state index contributed by atoms with van der Waals surface area (Å²) >= 11 is 0. The van der Waals surface area contributed by atoms with Gasteiger partial charge in [0.15, 0.2) is 0 Å². The lowest BCUT2D eigenvalue weighted by molar-refractivity contribution is 0.653. The van der Waals surface area contributed by atoms with Gasteiger partial charge in [-0.3, -0.25) is 4.68 Å². The lowest BCUT2D eigenvalue weighted by Gasteiger charge is -1.99. The van der Waals surface area contributed by atoms with Crippen LogP contribution in [0.2, 0.25) is 0 Å². The van der Waals surface area contributed by atoms with Crippen molar-refractivity contribution in [2.75, 3.05) is 13.1 Å². The topological polar surface area (TPSA) is 29.9 Å². The Morgan fingerprint density at radius 3 is 3.07 bits per heavy atom. The van der Waals surface area contributed by atoms with Crippen LogP contribution in [-0.2, 0) is 6.54 Å². The molecule has 0 amide bonds. The molecule has 1 aromatic rings. The zero-order valence-electron chi connectivity index (χ0n) is 9.03. The normalized spacial score (nSPS) is 11.3. The molecule has 14 heavy (non-hydrogen) atoms. The third-order valence-electron chi connectivity index (χ3n) is 2.08. The maximum absolute atomic E-state index is 4.20. The van der Waals surface area contributed by atoms with Gasteiger partial charge >= 0.3 is 0 Å². The van der Waals surface area contributed by atoms with E-state index in [2.05, 4.69) is 36.4 Å². The Hall–Kier alpha value is -1.09. The summed E-state index contributed by atoms with van der Waals surface area (Å²) in [5.74, 6) is 0. The van der Waals surface area contributed by atoms with Gasteiger partial charge in [0.1, 0.15) is 0 Å². The molecule has 0 atom stereocenters. The van der Waals surface area contributed by atoms with Crippen LogP contribution >= 0.6 is 0 Å². The zero-order chi connectivity index (χ0) is 10.2. The maximum Gasteiger partial charge on any atom is 0.0606 e. The first-order valence-corrected chi connectivity index (χ1v) is 5.27. The zero-order valence-corrected chi connectivity index (χ0v) is 9.03.